The van der Waals surface area contributed by atoms with Crippen molar-refractivity contribution in [1.82, 2.24) is 24.1 Å². The van der Waals surface area contributed by atoms with E-state index in [0.717, 1.165) is 77.6 Å². The fourth-order valence-corrected chi connectivity index (χ4v) is 8.94. The van der Waals surface area contributed by atoms with E-state index in [1.54, 1.807) is 0 Å². The highest BCUT2D eigenvalue weighted by atomic mass is 32.1. The summed E-state index contributed by atoms with van der Waals surface area (Å²) in [7, 11) is 0. The monoisotopic (exact) mass is 669 g/mol. The molecule has 5 aromatic carbocycles. The molecule has 0 amide bonds. The smallest absolute Gasteiger partial charge is 0.0964 e. The summed E-state index contributed by atoms with van der Waals surface area (Å²) in [6, 6.07) is 51.9. The lowest BCUT2D eigenvalue weighted by atomic mass is 9.96. The summed E-state index contributed by atoms with van der Waals surface area (Å²) in [5, 5.41) is 4.79. The summed E-state index contributed by atoms with van der Waals surface area (Å²) in [5.74, 6) is 0. The molecule has 0 radical (unpaired) electrons. The third kappa shape index (κ3) is 4.24. The fourth-order valence-electron chi connectivity index (χ4n) is 7.85. The van der Waals surface area contributed by atoms with Gasteiger partial charge >= 0.3 is 0 Å². The molecule has 0 unspecified atom stereocenters. The van der Waals surface area contributed by atoms with Crippen LogP contribution in [0.5, 0.6) is 0 Å². The molecule has 6 heterocycles. The first-order valence-corrected chi connectivity index (χ1v) is 17.8. The molecule has 0 fully saturated rings. The number of rotatable bonds is 4. The van der Waals surface area contributed by atoms with Gasteiger partial charge in [0.2, 0.25) is 0 Å². The van der Waals surface area contributed by atoms with Crippen molar-refractivity contribution in [3.05, 3.63) is 164 Å². The van der Waals surface area contributed by atoms with Gasteiger partial charge in [-0.3, -0.25) is 15.0 Å². The molecule has 5 nitrogen and oxygen atoms in total. The van der Waals surface area contributed by atoms with Crippen molar-refractivity contribution in [2.24, 2.45) is 0 Å². The quantitative estimate of drug-likeness (QED) is 0.187. The van der Waals surface area contributed by atoms with Crippen molar-refractivity contribution >= 4 is 75.4 Å². The van der Waals surface area contributed by atoms with E-state index in [-0.39, 0.29) is 0 Å². The molecule has 0 aliphatic carbocycles. The predicted molar refractivity (Wildman–Crippen MR) is 212 cm³/mol. The van der Waals surface area contributed by atoms with E-state index in [1.807, 2.05) is 54.2 Å². The lowest BCUT2D eigenvalue weighted by Crippen LogP contribution is -1.96. The summed E-state index contributed by atoms with van der Waals surface area (Å²) < 4.78 is 7.29. The van der Waals surface area contributed by atoms with Crippen LogP contribution in [0.3, 0.4) is 0 Å². The highest BCUT2D eigenvalue weighted by Gasteiger charge is 2.19. The van der Waals surface area contributed by atoms with Crippen LogP contribution >= 0.6 is 11.3 Å². The molecule has 0 N–H and O–H groups in total. The van der Waals surface area contributed by atoms with Gasteiger partial charge < -0.3 is 9.13 Å². The highest BCUT2D eigenvalue weighted by Crippen LogP contribution is 2.40. The average molecular weight is 670 g/mol. The Bertz CT molecular complexity index is 3150. The Morgan fingerprint density at radius 2 is 1.00 bits per heavy atom. The minimum absolute atomic E-state index is 0.957. The van der Waals surface area contributed by atoms with Crippen LogP contribution in [0.2, 0.25) is 0 Å². The van der Waals surface area contributed by atoms with Crippen molar-refractivity contribution < 1.29 is 0 Å². The summed E-state index contributed by atoms with van der Waals surface area (Å²) in [6.07, 6.45) is 5.62. The molecule has 238 valence electrons. The average Bonchev–Trinajstić information content (AvgIpc) is 3.85. The van der Waals surface area contributed by atoms with Crippen molar-refractivity contribution in [2.75, 3.05) is 0 Å². The summed E-state index contributed by atoms with van der Waals surface area (Å²) in [4.78, 5) is 14.5. The zero-order valence-electron chi connectivity index (χ0n) is 27.2. The van der Waals surface area contributed by atoms with E-state index in [4.69, 9.17) is 9.97 Å². The number of benzene rings is 5. The van der Waals surface area contributed by atoms with Crippen LogP contribution in [0.1, 0.15) is 0 Å². The maximum absolute atomic E-state index is 4.94. The lowest BCUT2D eigenvalue weighted by molar-refractivity contribution is 1.16. The Morgan fingerprint density at radius 1 is 0.392 bits per heavy atom. The zero-order valence-corrected chi connectivity index (χ0v) is 28.0. The second-order valence-electron chi connectivity index (χ2n) is 12.9. The van der Waals surface area contributed by atoms with Crippen LogP contribution in [0.25, 0.3) is 97.8 Å². The molecule has 6 heteroatoms. The standard InChI is InChI=1S/C45H27N5S/c1-2-10-32(37-12-5-6-22-46-37)31(9-1)28-16-19-38-35(25-28)44-40(13-7-23-47-44)49(38)29-17-20-39-36(27-29)45-41(14-8-24-48-45)50(39)30-18-21-43-34(26-30)33-11-3-4-15-42(33)51-43/h1-27H. The minimum Gasteiger partial charge on any atom is -0.308 e. The Morgan fingerprint density at radius 3 is 1.76 bits per heavy atom. The number of hydrogen-bond donors (Lipinski definition) is 0. The van der Waals surface area contributed by atoms with Gasteiger partial charge in [0.1, 0.15) is 0 Å². The zero-order chi connectivity index (χ0) is 33.5. The number of pyridine rings is 3. The van der Waals surface area contributed by atoms with E-state index in [9.17, 15) is 0 Å². The van der Waals surface area contributed by atoms with Gasteiger partial charge in [0, 0.05) is 66.5 Å². The minimum atomic E-state index is 0.957. The highest BCUT2D eigenvalue weighted by molar-refractivity contribution is 7.25. The summed E-state index contributed by atoms with van der Waals surface area (Å²) >= 11 is 1.84. The van der Waals surface area contributed by atoms with Gasteiger partial charge in [-0.05, 0) is 102 Å². The van der Waals surface area contributed by atoms with Gasteiger partial charge in [-0.2, -0.15) is 0 Å². The van der Waals surface area contributed by atoms with Gasteiger partial charge in [0.25, 0.3) is 0 Å². The van der Waals surface area contributed by atoms with E-state index in [0.29, 0.717) is 0 Å². The summed E-state index contributed by atoms with van der Waals surface area (Å²) in [6.45, 7) is 0. The van der Waals surface area contributed by atoms with Crippen LogP contribution < -0.4 is 0 Å². The SMILES string of the molecule is c1ccc(-c2ccccc2-c2ccc3c(c2)c2ncccc2n3-c2ccc3c(c2)c2ncccc2n3-c2ccc3sc4ccccc4c3c2)nc1. The second kappa shape index (κ2) is 10.9. The predicted octanol–water partition coefficient (Wildman–Crippen LogP) is 11.8. The van der Waals surface area contributed by atoms with Crippen LogP contribution in [0.15, 0.2) is 164 Å². The number of nitrogens with zero attached hydrogens (tertiary/aromatic N) is 5. The van der Waals surface area contributed by atoms with Gasteiger partial charge in [-0.25, -0.2) is 0 Å². The second-order valence-corrected chi connectivity index (χ2v) is 14.0. The number of hydrogen-bond acceptors (Lipinski definition) is 4. The van der Waals surface area contributed by atoms with Crippen LogP contribution in [-0.4, -0.2) is 24.1 Å². The molecule has 0 atom stereocenters. The first-order chi connectivity index (χ1) is 25.3. The molecule has 0 aliphatic rings. The molecule has 0 spiro atoms. The largest absolute Gasteiger partial charge is 0.308 e. The van der Waals surface area contributed by atoms with E-state index < -0.39 is 0 Å². The van der Waals surface area contributed by atoms with Crippen molar-refractivity contribution in [1.29, 1.82) is 0 Å². The Kier molecular flexibility index (Phi) is 6.05. The first-order valence-electron chi connectivity index (χ1n) is 17.0. The molecular weight excluding hydrogens is 643 g/mol. The van der Waals surface area contributed by atoms with Gasteiger partial charge in [-0.1, -0.05) is 54.6 Å². The molecular formula is C45H27N5S. The fraction of sp³-hybridized carbons (Fsp3) is 0. The van der Waals surface area contributed by atoms with Crippen LogP contribution in [0.4, 0.5) is 0 Å². The van der Waals surface area contributed by atoms with Crippen LogP contribution in [-0.2, 0) is 0 Å². The van der Waals surface area contributed by atoms with Crippen molar-refractivity contribution in [3.8, 4) is 33.8 Å². The lowest BCUT2D eigenvalue weighted by Gasteiger charge is -2.11. The van der Waals surface area contributed by atoms with Gasteiger partial charge in [-0.15, -0.1) is 11.3 Å². The molecule has 51 heavy (non-hydrogen) atoms. The normalized spacial score (nSPS) is 11.9. The van der Waals surface area contributed by atoms with Crippen molar-refractivity contribution in [2.45, 2.75) is 0 Å². The summed E-state index contributed by atoms with van der Waals surface area (Å²) in [5.41, 5.74) is 12.9. The third-order valence-electron chi connectivity index (χ3n) is 10.1. The van der Waals surface area contributed by atoms with Gasteiger partial charge in [0.05, 0.1) is 38.8 Å². The Hall–Kier alpha value is -6.63. The molecule has 6 aromatic heterocycles. The Labute approximate surface area is 296 Å². The maximum atomic E-state index is 4.94. The number of thiophene rings is 1. The maximum Gasteiger partial charge on any atom is 0.0964 e. The molecule has 11 aromatic rings. The van der Waals surface area contributed by atoms with E-state index >= 15 is 0 Å². The third-order valence-corrected chi connectivity index (χ3v) is 11.2. The molecule has 11 rings (SSSR count). The number of fused-ring (bicyclic) bond motifs is 9. The molecule has 0 bridgehead atoms. The molecule has 0 saturated heterocycles. The first kappa shape index (κ1) is 28.2. The van der Waals surface area contributed by atoms with Crippen LogP contribution in [0, 0.1) is 0 Å². The molecule has 0 aliphatic heterocycles. The Balaban J connectivity index is 1.11. The topological polar surface area (TPSA) is 48.5 Å². The van der Waals surface area contributed by atoms with E-state index in [1.165, 1.54) is 20.2 Å². The number of aromatic nitrogens is 5. The van der Waals surface area contributed by atoms with Crippen molar-refractivity contribution in [3.63, 3.8) is 0 Å². The molecule has 0 saturated carbocycles. The van der Waals surface area contributed by atoms with E-state index in [2.05, 4.69) is 135 Å². The van der Waals surface area contributed by atoms with Gasteiger partial charge in [0.15, 0.2) is 0 Å².